The minimum atomic E-state index is -0.0883. The predicted octanol–water partition coefficient (Wildman–Crippen LogP) is 4.71. The first-order chi connectivity index (χ1) is 13.4. The summed E-state index contributed by atoms with van der Waals surface area (Å²) in [6.07, 6.45) is 6.78. The van der Waals surface area contributed by atoms with E-state index in [1.807, 2.05) is 12.1 Å². The molecule has 0 heterocycles. The molecule has 2 aromatic rings. The highest BCUT2D eigenvalue weighted by Crippen LogP contribution is 2.60. The van der Waals surface area contributed by atoms with E-state index in [0.717, 1.165) is 25.2 Å². The molecule has 4 heteroatoms. The Morgan fingerprint density at radius 3 is 2.29 bits per heavy atom. The Hall–Kier alpha value is -2.20. The Balaban J connectivity index is 0.000000203. The first-order valence-corrected chi connectivity index (χ1v) is 10.4. The molecule has 5 rings (SSSR count). The molecule has 0 bridgehead atoms. The number of aliphatic hydroxyl groups is 1. The molecule has 0 amide bonds. The van der Waals surface area contributed by atoms with Crippen LogP contribution in [0.2, 0.25) is 0 Å². The molecule has 28 heavy (non-hydrogen) atoms. The van der Waals surface area contributed by atoms with Crippen LogP contribution >= 0.6 is 0 Å². The molecular weight excluding hydrogens is 352 g/mol. The van der Waals surface area contributed by atoms with E-state index >= 15 is 0 Å². The van der Waals surface area contributed by atoms with Crippen LogP contribution in [0.5, 0.6) is 17.2 Å². The van der Waals surface area contributed by atoms with Gasteiger partial charge in [0.25, 0.3) is 0 Å². The van der Waals surface area contributed by atoms with Crippen LogP contribution in [0, 0.1) is 17.3 Å². The molecule has 0 spiro atoms. The molecular formula is C24H30O4. The van der Waals surface area contributed by atoms with Gasteiger partial charge in [0.1, 0.15) is 5.75 Å². The topological polar surface area (TPSA) is 80.9 Å². The van der Waals surface area contributed by atoms with Crippen LogP contribution in [0.3, 0.4) is 0 Å². The number of phenols is 3. The maximum Gasteiger partial charge on any atom is 0.157 e. The van der Waals surface area contributed by atoms with Crippen molar-refractivity contribution in [2.75, 3.05) is 0 Å². The summed E-state index contributed by atoms with van der Waals surface area (Å²) in [7, 11) is 0. The zero-order chi connectivity index (χ0) is 19.9. The molecule has 0 aliphatic heterocycles. The minimum absolute atomic E-state index is 0.0764. The molecule has 5 atom stereocenters. The van der Waals surface area contributed by atoms with E-state index in [2.05, 4.69) is 13.0 Å². The van der Waals surface area contributed by atoms with Crippen LogP contribution in [-0.4, -0.2) is 26.5 Å². The number of benzene rings is 2. The third-order valence-electron chi connectivity index (χ3n) is 7.54. The first kappa shape index (κ1) is 19.1. The number of aromatic hydroxyl groups is 3. The summed E-state index contributed by atoms with van der Waals surface area (Å²) in [5, 5.41) is 37.4. The molecule has 3 aliphatic carbocycles. The van der Waals surface area contributed by atoms with Crippen LogP contribution in [0.1, 0.15) is 56.1 Å². The van der Waals surface area contributed by atoms with Crippen molar-refractivity contribution in [2.24, 2.45) is 17.3 Å². The van der Waals surface area contributed by atoms with Crippen molar-refractivity contribution < 1.29 is 20.4 Å². The normalized spacial score (nSPS) is 33.1. The molecule has 0 radical (unpaired) electrons. The number of hydrogen-bond acceptors (Lipinski definition) is 4. The standard InChI is InChI=1S/C18H24O2.C6H6O2/c1-18-9-8-14-13-5-3-12(19)10-11(13)2-4-15(14)16(18)6-7-17(18)20;7-5-3-1-2-4-6(5)8/h3,5,10,14-17,19-20H,2,4,6-9H2,1H3;1-4,7-8H/t14-,15-,16+,17-,18+;/m1./s1. The summed E-state index contributed by atoms with van der Waals surface area (Å²) in [5.74, 6) is 2.34. The summed E-state index contributed by atoms with van der Waals surface area (Å²) in [4.78, 5) is 0. The molecule has 3 aliphatic rings. The van der Waals surface area contributed by atoms with Gasteiger partial charge in [0.05, 0.1) is 6.10 Å². The van der Waals surface area contributed by atoms with Crippen molar-refractivity contribution >= 4 is 0 Å². The molecule has 4 nitrogen and oxygen atoms in total. The van der Waals surface area contributed by atoms with Gasteiger partial charge in [-0.25, -0.2) is 0 Å². The molecule has 0 aromatic heterocycles. The summed E-state index contributed by atoms with van der Waals surface area (Å²) < 4.78 is 0. The fourth-order valence-electron chi connectivity index (χ4n) is 6.01. The minimum Gasteiger partial charge on any atom is -0.508 e. The highest BCUT2D eigenvalue weighted by atomic mass is 16.3. The second-order valence-electron chi connectivity index (χ2n) is 8.92. The van der Waals surface area contributed by atoms with Crippen molar-refractivity contribution in [2.45, 2.75) is 57.5 Å². The van der Waals surface area contributed by atoms with Gasteiger partial charge in [-0.1, -0.05) is 25.1 Å². The van der Waals surface area contributed by atoms with Gasteiger partial charge in [-0.05, 0) is 97.1 Å². The van der Waals surface area contributed by atoms with Crippen LogP contribution in [0.4, 0.5) is 0 Å². The Morgan fingerprint density at radius 1 is 0.893 bits per heavy atom. The quantitative estimate of drug-likeness (QED) is 0.498. The molecule has 2 fully saturated rings. The summed E-state index contributed by atoms with van der Waals surface area (Å²) >= 11 is 0. The third-order valence-corrected chi connectivity index (χ3v) is 7.54. The molecule has 2 saturated carbocycles. The lowest BCUT2D eigenvalue weighted by Crippen LogP contribution is -2.43. The lowest BCUT2D eigenvalue weighted by Gasteiger charge is -2.50. The third kappa shape index (κ3) is 3.24. The summed E-state index contributed by atoms with van der Waals surface area (Å²) in [5.41, 5.74) is 2.99. The van der Waals surface area contributed by atoms with Crippen molar-refractivity contribution in [3.05, 3.63) is 53.6 Å². The predicted molar refractivity (Wildman–Crippen MR) is 109 cm³/mol. The average Bonchev–Trinajstić information content (AvgIpc) is 2.99. The fourth-order valence-corrected chi connectivity index (χ4v) is 6.01. The average molecular weight is 382 g/mol. The van der Waals surface area contributed by atoms with Crippen molar-refractivity contribution in [1.82, 2.24) is 0 Å². The van der Waals surface area contributed by atoms with E-state index in [9.17, 15) is 10.2 Å². The van der Waals surface area contributed by atoms with E-state index in [4.69, 9.17) is 10.2 Å². The van der Waals surface area contributed by atoms with Gasteiger partial charge in [-0.3, -0.25) is 0 Å². The number of phenolic OH excluding ortho intramolecular Hbond substituents is 3. The van der Waals surface area contributed by atoms with Crippen molar-refractivity contribution in [3.63, 3.8) is 0 Å². The Kier molecular flexibility index (Phi) is 5.00. The molecule has 0 unspecified atom stereocenters. The van der Waals surface area contributed by atoms with Gasteiger partial charge < -0.3 is 20.4 Å². The maximum absolute atomic E-state index is 10.4. The van der Waals surface area contributed by atoms with Crippen LogP contribution in [0.25, 0.3) is 0 Å². The smallest absolute Gasteiger partial charge is 0.157 e. The van der Waals surface area contributed by atoms with E-state index in [1.165, 1.54) is 42.5 Å². The second kappa shape index (κ2) is 7.32. The van der Waals surface area contributed by atoms with Gasteiger partial charge in [0.2, 0.25) is 0 Å². The second-order valence-corrected chi connectivity index (χ2v) is 8.92. The van der Waals surface area contributed by atoms with Gasteiger partial charge in [-0.15, -0.1) is 0 Å². The van der Waals surface area contributed by atoms with Gasteiger partial charge >= 0.3 is 0 Å². The summed E-state index contributed by atoms with van der Waals surface area (Å²) in [6.45, 7) is 2.32. The maximum atomic E-state index is 10.4. The molecule has 4 N–H and O–H groups in total. The highest BCUT2D eigenvalue weighted by molar-refractivity contribution is 5.40. The largest absolute Gasteiger partial charge is 0.508 e. The monoisotopic (exact) mass is 382 g/mol. The SMILES string of the molecule is C[C@]12CC[C@@H]3c4ccc(O)cc4CC[C@H]3[C@@H]1CC[C@H]2O.Oc1ccccc1O. The number of hydrogen-bond donors (Lipinski definition) is 4. The van der Waals surface area contributed by atoms with E-state index in [0.29, 0.717) is 17.6 Å². The molecule has 150 valence electrons. The zero-order valence-electron chi connectivity index (χ0n) is 16.4. The lowest BCUT2D eigenvalue weighted by molar-refractivity contribution is -0.0226. The molecule has 2 aromatic carbocycles. The van der Waals surface area contributed by atoms with Gasteiger partial charge in [0, 0.05) is 0 Å². The summed E-state index contributed by atoms with van der Waals surface area (Å²) in [6, 6.07) is 12.1. The zero-order valence-corrected chi connectivity index (χ0v) is 16.4. The van der Waals surface area contributed by atoms with E-state index < -0.39 is 0 Å². The lowest BCUT2D eigenvalue weighted by atomic mass is 9.55. The van der Waals surface area contributed by atoms with Crippen molar-refractivity contribution in [3.8, 4) is 17.2 Å². The van der Waals surface area contributed by atoms with Gasteiger partial charge in [0.15, 0.2) is 11.5 Å². The van der Waals surface area contributed by atoms with E-state index in [-0.39, 0.29) is 23.0 Å². The van der Waals surface area contributed by atoms with Crippen LogP contribution in [0.15, 0.2) is 42.5 Å². The van der Waals surface area contributed by atoms with Crippen LogP contribution < -0.4 is 0 Å². The number of aliphatic hydroxyl groups excluding tert-OH is 1. The highest BCUT2D eigenvalue weighted by Gasteiger charge is 2.54. The number of aryl methyl sites for hydroxylation is 1. The fraction of sp³-hybridized carbons (Fsp3) is 0.500. The van der Waals surface area contributed by atoms with E-state index in [1.54, 1.807) is 12.1 Å². The number of fused-ring (bicyclic) bond motifs is 5. The number of para-hydroxylation sites is 2. The molecule has 0 saturated heterocycles. The van der Waals surface area contributed by atoms with Crippen LogP contribution in [-0.2, 0) is 6.42 Å². The Bertz CT molecular complexity index is 827. The van der Waals surface area contributed by atoms with Crippen molar-refractivity contribution in [1.29, 1.82) is 0 Å². The first-order valence-electron chi connectivity index (χ1n) is 10.4. The Labute approximate surface area is 166 Å². The van der Waals surface area contributed by atoms with Gasteiger partial charge in [-0.2, -0.15) is 0 Å². The Morgan fingerprint density at radius 2 is 1.61 bits per heavy atom. The number of rotatable bonds is 0.